The quantitative estimate of drug-likeness (QED) is 0.449. The van der Waals surface area contributed by atoms with Gasteiger partial charge in [0.15, 0.2) is 0 Å². The van der Waals surface area contributed by atoms with Gasteiger partial charge in [0.1, 0.15) is 5.01 Å². The maximum atomic E-state index is 4.80. The van der Waals surface area contributed by atoms with E-state index < -0.39 is 0 Å². The summed E-state index contributed by atoms with van der Waals surface area (Å²) in [5.41, 5.74) is 4.94. The smallest absolute Gasteiger partial charge is 0.124 e. The van der Waals surface area contributed by atoms with Gasteiger partial charge < -0.3 is 4.90 Å². The molecule has 0 atom stereocenters. The molecule has 2 aromatic carbocycles. The third kappa shape index (κ3) is 4.40. The highest BCUT2D eigenvalue weighted by atomic mass is 32.1. The Morgan fingerprint density at radius 1 is 0.920 bits per heavy atom. The molecule has 0 N–H and O–H groups in total. The molecule has 0 saturated heterocycles. The number of thiazole rings is 1. The molecule has 25 heavy (non-hydrogen) atoms. The van der Waals surface area contributed by atoms with Crippen LogP contribution in [0.5, 0.6) is 0 Å². The number of anilines is 1. The van der Waals surface area contributed by atoms with Crippen molar-refractivity contribution in [1.29, 1.82) is 0 Å². The fraction of sp³-hybridized carbons (Fsp3) is 0.409. The molecule has 0 amide bonds. The summed E-state index contributed by atoms with van der Waals surface area (Å²) < 4.78 is 1.27. The first-order valence-electron chi connectivity index (χ1n) is 9.44. The van der Waals surface area contributed by atoms with Gasteiger partial charge in [-0.15, -0.1) is 11.3 Å². The molecule has 1 heterocycles. The number of nitrogens with zero attached hydrogens (tertiary/aromatic N) is 2. The van der Waals surface area contributed by atoms with Crippen LogP contribution in [0.4, 0.5) is 5.69 Å². The lowest BCUT2D eigenvalue weighted by atomic mass is 10.1. The summed E-state index contributed by atoms with van der Waals surface area (Å²) in [4.78, 5) is 7.33. The number of hydrogen-bond acceptors (Lipinski definition) is 3. The summed E-state index contributed by atoms with van der Waals surface area (Å²) in [6, 6.07) is 15.5. The lowest BCUT2D eigenvalue weighted by Gasteiger charge is -2.24. The average molecular weight is 353 g/mol. The molecule has 0 unspecified atom stereocenters. The maximum Gasteiger partial charge on any atom is 0.124 e. The molecule has 0 fully saturated rings. The summed E-state index contributed by atoms with van der Waals surface area (Å²) >= 11 is 1.78. The van der Waals surface area contributed by atoms with Crippen LogP contribution >= 0.6 is 11.3 Å². The van der Waals surface area contributed by atoms with Crippen molar-refractivity contribution in [3.8, 4) is 10.6 Å². The minimum absolute atomic E-state index is 1.10. The molecule has 1 aromatic heterocycles. The van der Waals surface area contributed by atoms with Crippen molar-refractivity contribution in [2.75, 3.05) is 18.0 Å². The summed E-state index contributed by atoms with van der Waals surface area (Å²) in [7, 11) is 0. The van der Waals surface area contributed by atoms with Crippen LogP contribution in [0, 0.1) is 6.92 Å². The standard InChI is InChI=1S/C22H28N2S/c1-4-6-14-24(15-7-5-2)19-11-9-18(10-12-19)22-23-20-13-8-17(3)16-21(20)25-22/h8-13,16H,4-7,14-15H2,1-3H3. The Bertz CT molecular complexity index is 797. The predicted octanol–water partition coefficient (Wildman–Crippen LogP) is 6.68. The molecular formula is C22H28N2S. The van der Waals surface area contributed by atoms with Crippen LogP contribution in [-0.4, -0.2) is 18.1 Å². The van der Waals surface area contributed by atoms with E-state index in [-0.39, 0.29) is 0 Å². The Kier molecular flexibility index (Phi) is 6.09. The van der Waals surface area contributed by atoms with Crippen LogP contribution in [0.15, 0.2) is 42.5 Å². The first kappa shape index (κ1) is 17.9. The second kappa shape index (κ2) is 8.48. The molecule has 0 saturated carbocycles. The highest BCUT2D eigenvalue weighted by molar-refractivity contribution is 7.21. The maximum absolute atomic E-state index is 4.80. The monoisotopic (exact) mass is 352 g/mol. The number of fused-ring (bicyclic) bond motifs is 1. The van der Waals surface area contributed by atoms with Gasteiger partial charge in [0, 0.05) is 24.3 Å². The molecule has 0 bridgehead atoms. The zero-order valence-corrected chi connectivity index (χ0v) is 16.4. The zero-order chi connectivity index (χ0) is 17.6. The van der Waals surface area contributed by atoms with Gasteiger partial charge in [0.2, 0.25) is 0 Å². The van der Waals surface area contributed by atoms with Crippen molar-refractivity contribution in [3.05, 3.63) is 48.0 Å². The first-order chi connectivity index (χ1) is 12.2. The third-order valence-corrected chi connectivity index (χ3v) is 5.65. The Morgan fingerprint density at radius 3 is 2.24 bits per heavy atom. The molecule has 0 aliphatic carbocycles. The molecule has 0 aliphatic heterocycles. The lowest BCUT2D eigenvalue weighted by Crippen LogP contribution is -2.25. The fourth-order valence-corrected chi connectivity index (χ4v) is 4.11. The third-order valence-electron chi connectivity index (χ3n) is 4.59. The molecular weight excluding hydrogens is 324 g/mol. The number of benzene rings is 2. The zero-order valence-electron chi connectivity index (χ0n) is 15.6. The van der Waals surface area contributed by atoms with Gasteiger partial charge in [-0.2, -0.15) is 0 Å². The summed E-state index contributed by atoms with van der Waals surface area (Å²) in [5.74, 6) is 0. The van der Waals surface area contributed by atoms with E-state index in [1.807, 2.05) is 0 Å². The van der Waals surface area contributed by atoms with Gasteiger partial charge in [-0.1, -0.05) is 32.8 Å². The van der Waals surface area contributed by atoms with Crippen molar-refractivity contribution >= 4 is 27.2 Å². The predicted molar refractivity (Wildman–Crippen MR) is 112 cm³/mol. The molecule has 2 nitrogen and oxygen atoms in total. The summed E-state index contributed by atoms with van der Waals surface area (Å²) in [6.45, 7) is 8.95. The Labute approximate surface area is 155 Å². The van der Waals surface area contributed by atoms with Crippen molar-refractivity contribution in [1.82, 2.24) is 4.98 Å². The van der Waals surface area contributed by atoms with E-state index >= 15 is 0 Å². The van der Waals surface area contributed by atoms with E-state index in [0.29, 0.717) is 0 Å². The summed E-state index contributed by atoms with van der Waals surface area (Å²) in [5, 5.41) is 1.11. The van der Waals surface area contributed by atoms with Crippen LogP contribution in [0.2, 0.25) is 0 Å². The van der Waals surface area contributed by atoms with Crippen LogP contribution in [-0.2, 0) is 0 Å². The lowest BCUT2D eigenvalue weighted by molar-refractivity contribution is 0.678. The van der Waals surface area contributed by atoms with Gasteiger partial charge in [0.05, 0.1) is 10.2 Å². The average Bonchev–Trinajstić information content (AvgIpc) is 3.05. The van der Waals surface area contributed by atoms with E-state index in [1.54, 1.807) is 11.3 Å². The van der Waals surface area contributed by atoms with Crippen LogP contribution in [0.1, 0.15) is 45.1 Å². The van der Waals surface area contributed by atoms with Crippen molar-refractivity contribution < 1.29 is 0 Å². The highest BCUT2D eigenvalue weighted by Gasteiger charge is 2.09. The Balaban J connectivity index is 1.81. The topological polar surface area (TPSA) is 16.1 Å². The van der Waals surface area contributed by atoms with E-state index in [0.717, 1.165) is 23.6 Å². The molecule has 132 valence electrons. The first-order valence-corrected chi connectivity index (χ1v) is 10.3. The largest absolute Gasteiger partial charge is 0.372 e. The number of aromatic nitrogens is 1. The van der Waals surface area contributed by atoms with Crippen molar-refractivity contribution in [2.24, 2.45) is 0 Å². The SMILES string of the molecule is CCCCN(CCCC)c1ccc(-c2nc3ccc(C)cc3s2)cc1. The molecule has 0 radical (unpaired) electrons. The molecule has 3 heteroatoms. The van der Waals surface area contributed by atoms with E-state index in [4.69, 9.17) is 4.98 Å². The van der Waals surface area contributed by atoms with Crippen LogP contribution in [0.25, 0.3) is 20.8 Å². The Morgan fingerprint density at radius 2 is 1.60 bits per heavy atom. The molecule has 0 aliphatic rings. The normalized spacial score (nSPS) is 11.2. The van der Waals surface area contributed by atoms with Crippen LogP contribution < -0.4 is 4.90 Å². The van der Waals surface area contributed by atoms with Gasteiger partial charge >= 0.3 is 0 Å². The second-order valence-electron chi connectivity index (χ2n) is 6.73. The van der Waals surface area contributed by atoms with Gasteiger partial charge in [0.25, 0.3) is 0 Å². The summed E-state index contributed by atoms with van der Waals surface area (Å²) in [6.07, 6.45) is 4.99. The van der Waals surface area contributed by atoms with Crippen LogP contribution in [0.3, 0.4) is 0 Å². The number of unbranched alkanes of at least 4 members (excludes halogenated alkanes) is 2. The van der Waals surface area contributed by atoms with Crippen molar-refractivity contribution in [2.45, 2.75) is 46.5 Å². The number of rotatable bonds is 8. The van der Waals surface area contributed by atoms with Crippen molar-refractivity contribution in [3.63, 3.8) is 0 Å². The minimum atomic E-state index is 1.10. The molecule has 3 aromatic rings. The van der Waals surface area contributed by atoms with Gasteiger partial charge in [-0.05, 0) is 61.7 Å². The van der Waals surface area contributed by atoms with Gasteiger partial charge in [-0.3, -0.25) is 0 Å². The van der Waals surface area contributed by atoms with E-state index in [1.165, 1.54) is 47.2 Å². The van der Waals surface area contributed by atoms with E-state index in [9.17, 15) is 0 Å². The number of aryl methyl sites for hydroxylation is 1. The molecule has 3 rings (SSSR count). The number of hydrogen-bond donors (Lipinski definition) is 0. The second-order valence-corrected chi connectivity index (χ2v) is 7.76. The van der Waals surface area contributed by atoms with E-state index in [2.05, 4.69) is 68.1 Å². The molecule has 0 spiro atoms. The van der Waals surface area contributed by atoms with Gasteiger partial charge in [-0.25, -0.2) is 4.98 Å². The minimum Gasteiger partial charge on any atom is -0.372 e. The fourth-order valence-electron chi connectivity index (χ4n) is 3.04. The Hall–Kier alpha value is -1.87. The highest BCUT2D eigenvalue weighted by Crippen LogP contribution is 2.31.